The molecule has 0 fully saturated rings. The molecule has 0 heterocycles. The van der Waals surface area contributed by atoms with E-state index in [1.165, 1.54) is 12.1 Å². The summed E-state index contributed by atoms with van der Waals surface area (Å²) in [5.74, 6) is -0.710. The number of hydrogen-bond acceptors (Lipinski definition) is 2. The van der Waals surface area contributed by atoms with Crippen molar-refractivity contribution in [1.29, 1.82) is 0 Å². The number of halogens is 2. The first-order valence-corrected chi connectivity index (χ1v) is 4.67. The standard InChI is InChI=1S/C9H9BrFNO/c1-5(10)9(13)6-2-3-8(12)7(11)4-6/h2-5H,12H2,1H3. The van der Waals surface area contributed by atoms with E-state index in [-0.39, 0.29) is 16.3 Å². The predicted octanol–water partition coefficient (Wildman–Crippen LogP) is 2.37. The summed E-state index contributed by atoms with van der Waals surface area (Å²) in [6, 6.07) is 4.05. The fraction of sp³-hybridized carbons (Fsp3) is 0.222. The highest BCUT2D eigenvalue weighted by atomic mass is 79.9. The smallest absolute Gasteiger partial charge is 0.176 e. The summed E-state index contributed by atoms with van der Waals surface area (Å²) in [5.41, 5.74) is 5.65. The normalized spacial score (nSPS) is 12.5. The maximum Gasteiger partial charge on any atom is 0.176 e. The molecule has 0 saturated carbocycles. The minimum atomic E-state index is -0.556. The first-order chi connectivity index (χ1) is 6.02. The van der Waals surface area contributed by atoms with Crippen LogP contribution in [0.5, 0.6) is 0 Å². The third-order valence-electron chi connectivity index (χ3n) is 1.65. The molecule has 0 aliphatic heterocycles. The minimum absolute atomic E-state index is 0.0544. The molecule has 13 heavy (non-hydrogen) atoms. The average Bonchev–Trinajstić information content (AvgIpc) is 2.08. The van der Waals surface area contributed by atoms with Crippen molar-refractivity contribution in [2.45, 2.75) is 11.8 Å². The molecule has 1 atom stereocenters. The Bertz CT molecular complexity index is 338. The van der Waals surface area contributed by atoms with Gasteiger partial charge in [-0.2, -0.15) is 0 Å². The van der Waals surface area contributed by atoms with Crippen LogP contribution in [-0.2, 0) is 0 Å². The van der Waals surface area contributed by atoms with Crippen molar-refractivity contribution in [2.24, 2.45) is 0 Å². The predicted molar refractivity (Wildman–Crippen MR) is 53.5 cm³/mol. The number of benzene rings is 1. The van der Waals surface area contributed by atoms with E-state index < -0.39 is 5.82 Å². The maximum atomic E-state index is 12.9. The van der Waals surface area contributed by atoms with Crippen LogP contribution in [0.15, 0.2) is 18.2 Å². The Morgan fingerprint density at radius 1 is 1.62 bits per heavy atom. The third-order valence-corrected chi connectivity index (χ3v) is 2.06. The van der Waals surface area contributed by atoms with Crippen molar-refractivity contribution in [3.8, 4) is 0 Å². The van der Waals surface area contributed by atoms with Gasteiger partial charge < -0.3 is 5.73 Å². The molecule has 0 bridgehead atoms. The Balaban J connectivity index is 3.04. The van der Waals surface area contributed by atoms with Crippen molar-refractivity contribution < 1.29 is 9.18 Å². The van der Waals surface area contributed by atoms with Gasteiger partial charge >= 0.3 is 0 Å². The summed E-state index contributed by atoms with van der Waals surface area (Å²) in [5, 5.41) is 0. The lowest BCUT2D eigenvalue weighted by molar-refractivity contribution is 0.0995. The van der Waals surface area contributed by atoms with Gasteiger partial charge in [0.25, 0.3) is 0 Å². The van der Waals surface area contributed by atoms with E-state index in [0.29, 0.717) is 5.56 Å². The summed E-state index contributed by atoms with van der Waals surface area (Å²) in [6.45, 7) is 1.69. The van der Waals surface area contributed by atoms with Gasteiger partial charge in [-0.15, -0.1) is 0 Å². The van der Waals surface area contributed by atoms with Gasteiger partial charge in [-0.1, -0.05) is 15.9 Å². The lowest BCUT2D eigenvalue weighted by atomic mass is 10.1. The van der Waals surface area contributed by atoms with E-state index >= 15 is 0 Å². The van der Waals surface area contributed by atoms with Crippen molar-refractivity contribution in [1.82, 2.24) is 0 Å². The first-order valence-electron chi connectivity index (χ1n) is 3.75. The lowest BCUT2D eigenvalue weighted by Crippen LogP contribution is -2.10. The molecule has 0 saturated heterocycles. The number of nitrogen functional groups attached to an aromatic ring is 1. The Morgan fingerprint density at radius 3 is 2.69 bits per heavy atom. The zero-order valence-corrected chi connectivity index (χ0v) is 8.64. The van der Waals surface area contributed by atoms with Gasteiger partial charge in [-0.3, -0.25) is 4.79 Å². The molecule has 0 aromatic heterocycles. The van der Waals surface area contributed by atoms with Crippen LogP contribution in [0, 0.1) is 5.82 Å². The summed E-state index contributed by atoms with van der Waals surface area (Å²) in [4.78, 5) is 11.0. The van der Waals surface area contributed by atoms with Crippen LogP contribution in [0.3, 0.4) is 0 Å². The molecular formula is C9H9BrFNO. The maximum absolute atomic E-state index is 12.9. The van der Waals surface area contributed by atoms with E-state index in [1.807, 2.05) is 0 Å². The SMILES string of the molecule is CC(Br)C(=O)c1ccc(N)c(F)c1. The second-order valence-corrected chi connectivity index (χ2v) is 4.09. The molecule has 1 unspecified atom stereocenters. The Morgan fingerprint density at radius 2 is 2.23 bits per heavy atom. The topological polar surface area (TPSA) is 43.1 Å². The van der Waals surface area contributed by atoms with Crippen molar-refractivity contribution in [3.63, 3.8) is 0 Å². The molecule has 0 spiro atoms. The fourth-order valence-corrected chi connectivity index (χ4v) is 1.17. The van der Waals surface area contributed by atoms with Gasteiger partial charge in [0.05, 0.1) is 10.5 Å². The molecule has 4 heteroatoms. The average molecular weight is 246 g/mol. The zero-order chi connectivity index (χ0) is 10.0. The number of carbonyl (C=O) groups is 1. The highest BCUT2D eigenvalue weighted by molar-refractivity contribution is 9.10. The molecule has 70 valence electrons. The fourth-order valence-electron chi connectivity index (χ4n) is 0.910. The van der Waals surface area contributed by atoms with E-state index in [9.17, 15) is 9.18 Å². The number of ketones is 1. The van der Waals surface area contributed by atoms with Crippen LogP contribution in [0.25, 0.3) is 0 Å². The van der Waals surface area contributed by atoms with Gasteiger partial charge in [0.15, 0.2) is 5.78 Å². The Kier molecular flexibility index (Phi) is 3.03. The molecule has 1 aromatic carbocycles. The number of alkyl halides is 1. The van der Waals surface area contributed by atoms with Crippen LogP contribution in [0.4, 0.5) is 10.1 Å². The van der Waals surface area contributed by atoms with Gasteiger partial charge in [0.2, 0.25) is 0 Å². The highest BCUT2D eigenvalue weighted by Gasteiger charge is 2.12. The van der Waals surface area contributed by atoms with Crippen LogP contribution in [0.1, 0.15) is 17.3 Å². The van der Waals surface area contributed by atoms with Crippen LogP contribution in [0.2, 0.25) is 0 Å². The van der Waals surface area contributed by atoms with E-state index in [2.05, 4.69) is 15.9 Å². The molecule has 1 aromatic rings. The van der Waals surface area contributed by atoms with Gasteiger partial charge in [-0.25, -0.2) is 4.39 Å². The quantitative estimate of drug-likeness (QED) is 0.494. The molecule has 0 aliphatic carbocycles. The molecule has 0 radical (unpaired) electrons. The lowest BCUT2D eigenvalue weighted by Gasteiger charge is -2.03. The van der Waals surface area contributed by atoms with Gasteiger partial charge in [0, 0.05) is 5.56 Å². The van der Waals surface area contributed by atoms with Crippen molar-refractivity contribution in [3.05, 3.63) is 29.6 Å². The van der Waals surface area contributed by atoms with E-state index in [1.54, 1.807) is 6.92 Å². The Hall–Kier alpha value is -0.900. The number of Topliss-reactive ketones (excluding diaryl/α,β-unsaturated/α-hetero) is 1. The number of carbonyl (C=O) groups excluding carboxylic acids is 1. The molecule has 2 N–H and O–H groups in total. The summed E-state index contributed by atoms with van der Waals surface area (Å²) < 4.78 is 12.9. The van der Waals surface area contributed by atoms with Crippen LogP contribution >= 0.6 is 15.9 Å². The summed E-state index contributed by atoms with van der Waals surface area (Å²) >= 11 is 3.12. The van der Waals surface area contributed by atoms with Crippen molar-refractivity contribution in [2.75, 3.05) is 5.73 Å². The molecule has 1 rings (SSSR count). The summed E-state index contributed by atoms with van der Waals surface area (Å²) in [7, 11) is 0. The number of rotatable bonds is 2. The minimum Gasteiger partial charge on any atom is -0.396 e. The number of hydrogen-bond donors (Lipinski definition) is 1. The van der Waals surface area contributed by atoms with E-state index in [0.717, 1.165) is 6.07 Å². The van der Waals surface area contributed by atoms with Gasteiger partial charge in [0.1, 0.15) is 5.82 Å². The largest absolute Gasteiger partial charge is 0.396 e. The van der Waals surface area contributed by atoms with Crippen LogP contribution < -0.4 is 5.73 Å². The molecule has 0 aliphatic rings. The second kappa shape index (κ2) is 3.87. The second-order valence-electron chi connectivity index (χ2n) is 2.72. The van der Waals surface area contributed by atoms with Crippen molar-refractivity contribution >= 4 is 27.4 Å². The molecule has 2 nitrogen and oxygen atoms in total. The number of nitrogens with two attached hydrogens (primary N) is 1. The summed E-state index contributed by atoms with van der Waals surface area (Å²) in [6.07, 6.45) is 0. The Labute approximate surface area is 84.1 Å². The zero-order valence-electron chi connectivity index (χ0n) is 7.05. The monoisotopic (exact) mass is 245 g/mol. The highest BCUT2D eigenvalue weighted by Crippen LogP contribution is 2.15. The molecule has 0 amide bonds. The first kappa shape index (κ1) is 10.2. The van der Waals surface area contributed by atoms with E-state index in [4.69, 9.17) is 5.73 Å². The van der Waals surface area contributed by atoms with Crippen LogP contribution in [-0.4, -0.2) is 10.6 Å². The third kappa shape index (κ3) is 2.28. The molecular weight excluding hydrogens is 237 g/mol. The number of anilines is 1. The van der Waals surface area contributed by atoms with Gasteiger partial charge in [-0.05, 0) is 25.1 Å².